The van der Waals surface area contributed by atoms with Crippen LogP contribution in [0.4, 0.5) is 0 Å². The summed E-state index contributed by atoms with van der Waals surface area (Å²) < 4.78 is 10.7. The van der Waals surface area contributed by atoms with Crippen LogP contribution in [0.5, 0.6) is 0 Å². The van der Waals surface area contributed by atoms with Crippen LogP contribution in [0.3, 0.4) is 0 Å². The molecule has 2 aliphatic rings. The van der Waals surface area contributed by atoms with Crippen LogP contribution in [0.2, 0.25) is 0 Å². The van der Waals surface area contributed by atoms with Gasteiger partial charge in [-0.05, 0) is 12.8 Å². The van der Waals surface area contributed by atoms with E-state index < -0.39 is 0 Å². The fraction of sp³-hybridized carbons (Fsp3) is 0.923. The number of ether oxygens (including phenoxy) is 2. The van der Waals surface area contributed by atoms with Crippen LogP contribution in [0.25, 0.3) is 0 Å². The van der Waals surface area contributed by atoms with E-state index in [4.69, 9.17) is 15.2 Å². The van der Waals surface area contributed by atoms with Gasteiger partial charge in [0, 0.05) is 46.4 Å². The highest BCUT2D eigenvalue weighted by molar-refractivity contribution is 5.85. The molecule has 8 heteroatoms. The second-order valence-corrected chi connectivity index (χ2v) is 5.22. The summed E-state index contributed by atoms with van der Waals surface area (Å²) in [6, 6.07) is 0. The minimum absolute atomic E-state index is 0. The first-order chi connectivity index (χ1) is 9.24. The lowest BCUT2D eigenvalue weighted by Crippen LogP contribution is -2.52. The smallest absolute Gasteiger partial charge is 0.251 e. The minimum Gasteiger partial charge on any atom is -0.383 e. The van der Waals surface area contributed by atoms with Gasteiger partial charge in [-0.25, -0.2) is 0 Å². The molecule has 0 unspecified atom stereocenters. The average Bonchev–Trinajstić information content (AvgIpc) is 2.94. The van der Waals surface area contributed by atoms with E-state index in [0.29, 0.717) is 6.54 Å². The third kappa shape index (κ3) is 5.88. The van der Waals surface area contributed by atoms with Gasteiger partial charge in [-0.1, -0.05) is 0 Å². The summed E-state index contributed by atoms with van der Waals surface area (Å²) in [5.74, 6) is 0.141. The number of rotatable bonds is 5. The number of piperazine rings is 1. The van der Waals surface area contributed by atoms with Crippen molar-refractivity contribution < 1.29 is 14.3 Å². The summed E-state index contributed by atoms with van der Waals surface area (Å²) in [4.78, 5) is 16.5. The number of carbonyl (C=O) groups excluding carboxylic acids is 1. The van der Waals surface area contributed by atoms with Crippen molar-refractivity contribution in [3.63, 3.8) is 0 Å². The highest BCUT2D eigenvalue weighted by Gasteiger charge is 2.33. The van der Waals surface area contributed by atoms with Gasteiger partial charge < -0.3 is 20.1 Å². The summed E-state index contributed by atoms with van der Waals surface area (Å²) in [6.45, 7) is 5.61. The minimum atomic E-state index is -0.265. The summed E-state index contributed by atoms with van der Waals surface area (Å²) in [6.07, 6.45) is 1.52. The molecule has 0 aromatic rings. The number of methoxy groups -OCH3 is 1. The Bertz CT molecular complexity index is 302. The topological polar surface area (TPSA) is 68.0 Å². The third-order valence-corrected chi connectivity index (χ3v) is 3.94. The lowest BCUT2D eigenvalue weighted by molar-refractivity contribution is -0.144. The Hall–Kier alpha value is -0.110. The monoisotopic (exact) mass is 343 g/mol. The fourth-order valence-electron chi connectivity index (χ4n) is 2.68. The number of nitrogens with two attached hydrogens (primary N) is 1. The van der Waals surface area contributed by atoms with Gasteiger partial charge in [-0.15, -0.1) is 24.8 Å². The molecule has 2 heterocycles. The van der Waals surface area contributed by atoms with Crippen LogP contribution in [0, 0.1) is 0 Å². The van der Waals surface area contributed by atoms with Crippen LogP contribution in [0.15, 0.2) is 0 Å². The van der Waals surface area contributed by atoms with Gasteiger partial charge >= 0.3 is 0 Å². The first kappa shape index (κ1) is 20.9. The molecule has 6 nitrogen and oxygen atoms in total. The molecule has 2 rings (SSSR count). The molecule has 2 fully saturated rings. The largest absolute Gasteiger partial charge is 0.383 e. The summed E-state index contributed by atoms with van der Waals surface area (Å²) >= 11 is 0. The average molecular weight is 344 g/mol. The van der Waals surface area contributed by atoms with Crippen molar-refractivity contribution in [1.29, 1.82) is 0 Å². The van der Waals surface area contributed by atoms with Crippen molar-refractivity contribution in [2.24, 2.45) is 5.73 Å². The van der Waals surface area contributed by atoms with E-state index in [-0.39, 0.29) is 42.9 Å². The Morgan fingerprint density at radius 3 is 2.43 bits per heavy atom. The number of amides is 1. The Labute approximate surface area is 139 Å². The maximum absolute atomic E-state index is 12.3. The van der Waals surface area contributed by atoms with Gasteiger partial charge in [0.15, 0.2) is 0 Å². The molecule has 0 saturated carbocycles. The van der Waals surface area contributed by atoms with Crippen molar-refractivity contribution in [2.45, 2.75) is 25.0 Å². The zero-order valence-corrected chi connectivity index (χ0v) is 14.2. The predicted octanol–water partition coefficient (Wildman–Crippen LogP) is 0.127. The van der Waals surface area contributed by atoms with E-state index in [1.807, 2.05) is 4.90 Å². The maximum Gasteiger partial charge on any atom is 0.251 e. The molecule has 0 spiro atoms. The second kappa shape index (κ2) is 10.6. The Balaban J connectivity index is 0.00000200. The van der Waals surface area contributed by atoms with Gasteiger partial charge in [-0.2, -0.15) is 0 Å². The van der Waals surface area contributed by atoms with E-state index in [9.17, 15) is 4.79 Å². The number of carbonyl (C=O) groups is 1. The van der Waals surface area contributed by atoms with E-state index in [1.54, 1.807) is 7.11 Å². The number of hydrogen-bond donors (Lipinski definition) is 1. The number of hydrogen-bond acceptors (Lipinski definition) is 5. The molecule has 0 aromatic heterocycles. The van der Waals surface area contributed by atoms with Crippen LogP contribution < -0.4 is 5.73 Å². The Kier molecular flexibility index (Phi) is 10.5. The van der Waals surface area contributed by atoms with Crippen LogP contribution >= 0.6 is 24.8 Å². The van der Waals surface area contributed by atoms with Gasteiger partial charge in [0.1, 0.15) is 6.10 Å². The van der Waals surface area contributed by atoms with Crippen LogP contribution in [0.1, 0.15) is 12.8 Å². The standard InChI is InChI=1S/C13H25N3O3.2ClH/c1-18-9-8-15-4-6-16(7-5-15)13(17)12-3-2-11(10-14)19-12;;/h11-12H,2-10,14H2,1H3;2*1H/t11-,12+;;/m1../s1. The van der Waals surface area contributed by atoms with Crippen molar-refractivity contribution in [2.75, 3.05) is 53.0 Å². The van der Waals surface area contributed by atoms with E-state index in [1.165, 1.54) is 0 Å². The zero-order valence-electron chi connectivity index (χ0n) is 12.5. The van der Waals surface area contributed by atoms with Gasteiger partial charge in [0.2, 0.25) is 0 Å². The Morgan fingerprint density at radius 2 is 1.90 bits per heavy atom. The predicted molar refractivity (Wildman–Crippen MR) is 86.3 cm³/mol. The molecule has 2 atom stereocenters. The van der Waals surface area contributed by atoms with Crippen molar-refractivity contribution in [3.05, 3.63) is 0 Å². The molecule has 0 radical (unpaired) electrons. The molecule has 0 aliphatic carbocycles. The summed E-state index contributed by atoms with van der Waals surface area (Å²) in [5, 5.41) is 0. The summed E-state index contributed by atoms with van der Waals surface area (Å²) in [7, 11) is 1.71. The van der Waals surface area contributed by atoms with Crippen LogP contribution in [-0.2, 0) is 14.3 Å². The van der Waals surface area contributed by atoms with E-state index in [0.717, 1.165) is 52.2 Å². The van der Waals surface area contributed by atoms with Gasteiger partial charge in [0.05, 0.1) is 12.7 Å². The third-order valence-electron chi connectivity index (χ3n) is 3.94. The molecule has 2 aliphatic heterocycles. The molecule has 21 heavy (non-hydrogen) atoms. The molecule has 126 valence electrons. The highest BCUT2D eigenvalue weighted by Crippen LogP contribution is 2.21. The molecule has 2 saturated heterocycles. The van der Waals surface area contributed by atoms with Crippen molar-refractivity contribution >= 4 is 30.7 Å². The molecule has 1 amide bonds. The summed E-state index contributed by atoms with van der Waals surface area (Å²) in [5.41, 5.74) is 5.57. The fourth-order valence-corrected chi connectivity index (χ4v) is 2.68. The molecular weight excluding hydrogens is 317 g/mol. The number of nitrogens with zero attached hydrogens (tertiary/aromatic N) is 2. The van der Waals surface area contributed by atoms with Gasteiger partial charge in [0.25, 0.3) is 5.91 Å². The lowest BCUT2D eigenvalue weighted by atomic mass is 10.1. The number of halogens is 2. The van der Waals surface area contributed by atoms with Crippen molar-refractivity contribution in [1.82, 2.24) is 9.80 Å². The lowest BCUT2D eigenvalue weighted by Gasteiger charge is -2.35. The first-order valence-corrected chi connectivity index (χ1v) is 7.10. The Morgan fingerprint density at radius 1 is 1.24 bits per heavy atom. The SMILES string of the molecule is COCCN1CCN(C(=O)[C@@H]2CC[C@H](CN)O2)CC1.Cl.Cl. The molecule has 0 bridgehead atoms. The van der Waals surface area contributed by atoms with Gasteiger partial charge in [-0.3, -0.25) is 9.69 Å². The second-order valence-electron chi connectivity index (χ2n) is 5.22. The quantitative estimate of drug-likeness (QED) is 0.768. The normalized spacial score (nSPS) is 26.1. The zero-order chi connectivity index (χ0) is 13.7. The molecule has 2 N–H and O–H groups in total. The van der Waals surface area contributed by atoms with E-state index >= 15 is 0 Å². The van der Waals surface area contributed by atoms with E-state index in [2.05, 4.69) is 4.90 Å². The van der Waals surface area contributed by atoms with Crippen LogP contribution in [-0.4, -0.2) is 80.9 Å². The molecule has 0 aromatic carbocycles. The van der Waals surface area contributed by atoms with Crippen molar-refractivity contribution in [3.8, 4) is 0 Å². The maximum atomic E-state index is 12.3. The highest BCUT2D eigenvalue weighted by atomic mass is 35.5. The first-order valence-electron chi connectivity index (χ1n) is 7.10. The molecular formula is C13H27Cl2N3O3.